The van der Waals surface area contributed by atoms with E-state index in [9.17, 15) is 9.90 Å². The van der Waals surface area contributed by atoms with Crippen LogP contribution in [-0.4, -0.2) is 59.1 Å². The molecule has 0 aromatic rings. The first-order valence-corrected chi connectivity index (χ1v) is 17.6. The van der Waals surface area contributed by atoms with Crippen LogP contribution in [0.25, 0.3) is 0 Å². The molecular weight excluding hydrogens is 504 g/mol. The van der Waals surface area contributed by atoms with E-state index in [2.05, 4.69) is 64.3 Å². The third kappa shape index (κ3) is 3.93. The van der Waals surface area contributed by atoms with Crippen molar-refractivity contribution in [2.75, 3.05) is 26.2 Å². The maximum atomic E-state index is 14.8. The number of aliphatic hydroxyl groups is 1. The molecule has 1 amide bonds. The molecular formula is C37H60N2O2. The molecule has 0 radical (unpaired) electrons. The summed E-state index contributed by atoms with van der Waals surface area (Å²) in [7, 11) is 0. The van der Waals surface area contributed by atoms with Gasteiger partial charge in [0, 0.05) is 32.2 Å². The molecule has 5 saturated carbocycles. The predicted octanol–water partition coefficient (Wildman–Crippen LogP) is 7.46. The number of carbonyl (C=O) groups is 1. The van der Waals surface area contributed by atoms with Crippen LogP contribution in [0.5, 0.6) is 0 Å². The Labute approximate surface area is 251 Å². The number of nitrogens with zero attached hydrogens (tertiary/aromatic N) is 2. The predicted molar refractivity (Wildman–Crippen MR) is 166 cm³/mol. The highest BCUT2D eigenvalue weighted by atomic mass is 16.3. The van der Waals surface area contributed by atoms with E-state index in [1.807, 2.05) is 0 Å². The Morgan fingerprint density at radius 3 is 2.17 bits per heavy atom. The number of hydrogen-bond acceptors (Lipinski definition) is 3. The van der Waals surface area contributed by atoms with Crippen molar-refractivity contribution in [2.24, 2.45) is 50.2 Å². The lowest BCUT2D eigenvalue weighted by atomic mass is 9.33. The molecule has 0 aromatic heterocycles. The van der Waals surface area contributed by atoms with Crippen molar-refractivity contribution in [3.05, 3.63) is 11.6 Å². The Bertz CT molecular complexity index is 1110. The van der Waals surface area contributed by atoms with Crippen molar-refractivity contribution < 1.29 is 9.90 Å². The van der Waals surface area contributed by atoms with Crippen LogP contribution in [-0.2, 0) is 4.79 Å². The van der Waals surface area contributed by atoms with Crippen molar-refractivity contribution in [3.8, 4) is 0 Å². The zero-order chi connectivity index (χ0) is 29.2. The van der Waals surface area contributed by atoms with Gasteiger partial charge in [-0.2, -0.15) is 0 Å². The first-order chi connectivity index (χ1) is 19.2. The Kier molecular flexibility index (Phi) is 6.40. The minimum absolute atomic E-state index is 0.00964. The Hall–Kier alpha value is -0.870. The summed E-state index contributed by atoms with van der Waals surface area (Å²) in [6.45, 7) is 21.6. The van der Waals surface area contributed by atoms with Crippen LogP contribution < -0.4 is 0 Å². The second kappa shape index (κ2) is 9.09. The lowest BCUT2D eigenvalue weighted by molar-refractivity contribution is -0.204. The first-order valence-electron chi connectivity index (χ1n) is 17.6. The van der Waals surface area contributed by atoms with E-state index in [4.69, 9.17) is 0 Å². The molecule has 4 nitrogen and oxygen atoms in total. The molecule has 4 heteroatoms. The molecule has 7 rings (SSSR count). The SMILES string of the molecule is CC1(C)CC[C@]2(C(=O)N3CCN(C4CC4)CC3)CC[C@]3(C)C(=CC[C@@H]4[C@@]5(C)CC[C@H](O)C(C)(C)[C@@H]5CC[C@]43C)[C@@H]2C1. The minimum atomic E-state index is -0.191. The second-order valence-corrected chi connectivity index (χ2v) is 18.3. The van der Waals surface area contributed by atoms with Gasteiger partial charge < -0.3 is 10.0 Å². The molecule has 6 fully saturated rings. The molecule has 41 heavy (non-hydrogen) atoms. The van der Waals surface area contributed by atoms with E-state index in [1.54, 1.807) is 5.57 Å². The van der Waals surface area contributed by atoms with E-state index in [0.717, 1.165) is 57.9 Å². The number of aliphatic hydroxyl groups excluding tert-OH is 1. The zero-order valence-electron chi connectivity index (χ0n) is 27.5. The number of allylic oxidation sites excluding steroid dienone is 2. The van der Waals surface area contributed by atoms with Crippen LogP contribution in [0.3, 0.4) is 0 Å². The van der Waals surface area contributed by atoms with Crippen LogP contribution in [0.2, 0.25) is 0 Å². The number of hydrogen-bond donors (Lipinski definition) is 1. The third-order valence-corrected chi connectivity index (χ3v) is 15.7. The highest BCUT2D eigenvalue weighted by Crippen LogP contribution is 2.75. The number of carbonyl (C=O) groups excluding carboxylic acids is 1. The Morgan fingerprint density at radius 1 is 0.805 bits per heavy atom. The zero-order valence-corrected chi connectivity index (χ0v) is 27.5. The monoisotopic (exact) mass is 564 g/mol. The molecule has 1 heterocycles. The van der Waals surface area contributed by atoms with Gasteiger partial charge in [-0.3, -0.25) is 9.69 Å². The summed E-state index contributed by atoms with van der Waals surface area (Å²) in [4.78, 5) is 19.7. The number of piperazine rings is 1. The third-order valence-electron chi connectivity index (χ3n) is 15.7. The summed E-state index contributed by atoms with van der Waals surface area (Å²) < 4.78 is 0. The van der Waals surface area contributed by atoms with Crippen molar-refractivity contribution in [1.29, 1.82) is 0 Å². The summed E-state index contributed by atoms with van der Waals surface area (Å²) in [5, 5.41) is 11.0. The van der Waals surface area contributed by atoms with E-state index in [0.29, 0.717) is 29.1 Å². The number of rotatable bonds is 2. The molecule has 0 unspecified atom stereocenters. The van der Waals surface area contributed by atoms with Gasteiger partial charge in [0.25, 0.3) is 0 Å². The molecule has 1 saturated heterocycles. The molecule has 8 atom stereocenters. The fourth-order valence-corrected chi connectivity index (χ4v) is 12.7. The highest BCUT2D eigenvalue weighted by molar-refractivity contribution is 5.84. The largest absolute Gasteiger partial charge is 0.393 e. The van der Waals surface area contributed by atoms with Gasteiger partial charge >= 0.3 is 0 Å². The van der Waals surface area contributed by atoms with E-state index < -0.39 is 0 Å². The van der Waals surface area contributed by atoms with Gasteiger partial charge in [0.05, 0.1) is 11.5 Å². The van der Waals surface area contributed by atoms with E-state index >= 15 is 0 Å². The van der Waals surface area contributed by atoms with Crippen molar-refractivity contribution in [1.82, 2.24) is 9.80 Å². The van der Waals surface area contributed by atoms with Crippen molar-refractivity contribution in [2.45, 2.75) is 138 Å². The fraction of sp³-hybridized carbons (Fsp3) is 0.919. The molecule has 7 aliphatic rings. The molecule has 6 aliphatic carbocycles. The first kappa shape index (κ1) is 28.9. The van der Waals surface area contributed by atoms with Gasteiger partial charge in [-0.15, -0.1) is 0 Å². The maximum absolute atomic E-state index is 14.8. The summed E-state index contributed by atoms with van der Waals surface area (Å²) in [6, 6.07) is 0.806. The number of amides is 1. The average Bonchev–Trinajstić information content (AvgIpc) is 3.77. The van der Waals surface area contributed by atoms with Gasteiger partial charge in [-0.25, -0.2) is 0 Å². The van der Waals surface area contributed by atoms with Crippen LogP contribution in [0.1, 0.15) is 126 Å². The highest BCUT2D eigenvalue weighted by Gasteiger charge is 2.69. The van der Waals surface area contributed by atoms with Crippen molar-refractivity contribution >= 4 is 5.91 Å². The Morgan fingerprint density at radius 2 is 1.49 bits per heavy atom. The van der Waals surface area contributed by atoms with E-state index in [-0.39, 0.29) is 33.2 Å². The minimum Gasteiger partial charge on any atom is -0.393 e. The molecule has 1 aliphatic heterocycles. The van der Waals surface area contributed by atoms with Gasteiger partial charge in [0.2, 0.25) is 5.91 Å². The molecule has 0 spiro atoms. The summed E-state index contributed by atoms with van der Waals surface area (Å²) >= 11 is 0. The summed E-state index contributed by atoms with van der Waals surface area (Å²) in [6.07, 6.45) is 16.7. The smallest absolute Gasteiger partial charge is 0.229 e. The van der Waals surface area contributed by atoms with Gasteiger partial charge in [0.15, 0.2) is 0 Å². The average molecular weight is 565 g/mol. The lowest BCUT2D eigenvalue weighted by Gasteiger charge is -2.71. The van der Waals surface area contributed by atoms with Gasteiger partial charge in [0.1, 0.15) is 0 Å². The maximum Gasteiger partial charge on any atom is 0.229 e. The normalized spacial score (nSPS) is 49.2. The fourth-order valence-electron chi connectivity index (χ4n) is 12.7. The molecule has 0 aromatic carbocycles. The number of fused-ring (bicyclic) bond motifs is 7. The molecule has 1 N–H and O–H groups in total. The van der Waals surface area contributed by atoms with Crippen LogP contribution in [0.4, 0.5) is 0 Å². The quantitative estimate of drug-likeness (QED) is 0.354. The topological polar surface area (TPSA) is 43.8 Å². The van der Waals surface area contributed by atoms with Crippen molar-refractivity contribution in [3.63, 3.8) is 0 Å². The molecule has 230 valence electrons. The second-order valence-electron chi connectivity index (χ2n) is 18.3. The summed E-state index contributed by atoms with van der Waals surface area (Å²) in [5.41, 5.74) is 2.48. The van der Waals surface area contributed by atoms with Crippen LogP contribution >= 0.6 is 0 Å². The van der Waals surface area contributed by atoms with E-state index in [1.165, 1.54) is 51.4 Å². The van der Waals surface area contributed by atoms with Crippen LogP contribution in [0, 0.1) is 50.2 Å². The van der Waals surface area contributed by atoms with Crippen LogP contribution in [0.15, 0.2) is 11.6 Å². The Balaban J connectivity index is 1.23. The standard InChI is InChI=1S/C37H60N2O2/c1-32(2)16-18-37(31(41)39-22-20-38(21-23-39)25-8-9-25)19-17-35(6)26(27(37)24-32)10-11-29-34(5)14-13-30(40)33(3,4)28(34)12-15-36(29,35)7/h10,25,27-30,40H,8-9,11-24H2,1-7H3/t27-,28-,29+,30-,34-,35+,36+,37-/m0/s1. The van der Waals surface area contributed by atoms with Gasteiger partial charge in [-0.1, -0.05) is 60.1 Å². The molecule has 0 bridgehead atoms. The lowest BCUT2D eigenvalue weighted by Crippen LogP contribution is -2.66. The summed E-state index contributed by atoms with van der Waals surface area (Å²) in [5.74, 6) is 2.15. The van der Waals surface area contributed by atoms with Gasteiger partial charge in [-0.05, 0) is 122 Å².